The summed E-state index contributed by atoms with van der Waals surface area (Å²) in [5.41, 5.74) is 1.27. The van der Waals surface area contributed by atoms with E-state index in [4.69, 9.17) is 26.4 Å². The first kappa shape index (κ1) is 20.8. The van der Waals surface area contributed by atoms with Gasteiger partial charge >= 0.3 is 0 Å². The lowest BCUT2D eigenvalue weighted by Crippen LogP contribution is -2.34. The third-order valence-electron chi connectivity index (χ3n) is 4.21. The number of methoxy groups -OCH3 is 1. The van der Waals surface area contributed by atoms with Gasteiger partial charge in [-0.3, -0.25) is 10.1 Å². The molecule has 28 heavy (non-hydrogen) atoms. The number of carbonyl (C=O) groups excluding carboxylic acids is 1. The van der Waals surface area contributed by atoms with E-state index < -0.39 is 0 Å². The van der Waals surface area contributed by atoms with Crippen LogP contribution in [0, 0.1) is 3.57 Å². The number of anilines is 1. The van der Waals surface area contributed by atoms with Crippen LogP contribution in [0.2, 0.25) is 0 Å². The summed E-state index contributed by atoms with van der Waals surface area (Å²) in [4.78, 5) is 12.3. The Morgan fingerprint density at radius 1 is 1.29 bits per heavy atom. The van der Waals surface area contributed by atoms with Gasteiger partial charge in [0, 0.05) is 17.9 Å². The molecule has 8 heteroatoms. The topological polar surface area (TPSA) is 68.8 Å². The first-order valence-electron chi connectivity index (χ1n) is 8.85. The molecule has 1 amide bonds. The Kier molecular flexibility index (Phi) is 7.46. The number of halogens is 1. The molecule has 1 unspecified atom stereocenters. The molecule has 1 aliphatic heterocycles. The monoisotopic (exact) mass is 512 g/mol. The molecule has 0 aromatic heterocycles. The van der Waals surface area contributed by atoms with Crippen molar-refractivity contribution in [3.8, 4) is 11.5 Å². The van der Waals surface area contributed by atoms with Gasteiger partial charge in [-0.1, -0.05) is 0 Å². The smallest absolute Gasteiger partial charge is 0.257 e. The number of amides is 1. The molecule has 1 aliphatic rings. The van der Waals surface area contributed by atoms with Crippen LogP contribution in [0.25, 0.3) is 0 Å². The summed E-state index contributed by atoms with van der Waals surface area (Å²) < 4.78 is 17.3. The second-order valence-electron chi connectivity index (χ2n) is 6.23. The van der Waals surface area contributed by atoms with Crippen molar-refractivity contribution in [2.24, 2.45) is 0 Å². The standard InChI is InChI=1S/C20H21IN2O4S/c1-25-18-9-4-13(11-17(18)21)19(24)23-20(28)22-14-5-7-15(8-6-14)27-12-16-3-2-10-26-16/h4-9,11,16H,2-3,10,12H2,1H3,(H2,22,23,24,28). The molecule has 0 bridgehead atoms. The van der Waals surface area contributed by atoms with E-state index in [1.165, 1.54) is 0 Å². The fraction of sp³-hybridized carbons (Fsp3) is 0.300. The number of rotatable bonds is 6. The molecule has 0 radical (unpaired) electrons. The van der Waals surface area contributed by atoms with Gasteiger partial charge in [0.2, 0.25) is 0 Å². The maximum Gasteiger partial charge on any atom is 0.257 e. The third kappa shape index (κ3) is 5.79. The first-order chi connectivity index (χ1) is 13.5. The van der Waals surface area contributed by atoms with Crippen molar-refractivity contribution in [3.63, 3.8) is 0 Å². The molecular weight excluding hydrogens is 491 g/mol. The summed E-state index contributed by atoms with van der Waals surface area (Å²) >= 11 is 7.35. The predicted molar refractivity (Wildman–Crippen MR) is 120 cm³/mol. The molecule has 2 aromatic rings. The van der Waals surface area contributed by atoms with Crippen molar-refractivity contribution in [2.45, 2.75) is 18.9 Å². The second-order valence-corrected chi connectivity index (χ2v) is 7.80. The van der Waals surface area contributed by atoms with Gasteiger partial charge in [-0.25, -0.2) is 0 Å². The number of ether oxygens (including phenoxy) is 3. The molecule has 0 spiro atoms. The average molecular weight is 512 g/mol. The van der Waals surface area contributed by atoms with E-state index in [2.05, 4.69) is 33.2 Å². The quantitative estimate of drug-likeness (QED) is 0.451. The van der Waals surface area contributed by atoms with Crippen LogP contribution in [-0.2, 0) is 4.74 Å². The highest BCUT2D eigenvalue weighted by Gasteiger charge is 2.16. The van der Waals surface area contributed by atoms with Crippen molar-refractivity contribution < 1.29 is 19.0 Å². The molecule has 1 saturated heterocycles. The zero-order valence-corrected chi connectivity index (χ0v) is 18.3. The molecule has 148 valence electrons. The van der Waals surface area contributed by atoms with Crippen molar-refractivity contribution in [1.82, 2.24) is 5.32 Å². The van der Waals surface area contributed by atoms with Crippen LogP contribution < -0.4 is 20.1 Å². The van der Waals surface area contributed by atoms with E-state index >= 15 is 0 Å². The Labute approximate surface area is 183 Å². The Morgan fingerprint density at radius 3 is 2.71 bits per heavy atom. The van der Waals surface area contributed by atoms with Gasteiger partial charge in [-0.15, -0.1) is 0 Å². The Hall–Kier alpha value is -1.91. The number of benzene rings is 2. The van der Waals surface area contributed by atoms with Crippen molar-refractivity contribution in [2.75, 3.05) is 25.6 Å². The summed E-state index contributed by atoms with van der Waals surface area (Å²) in [6.45, 7) is 1.37. The first-order valence-corrected chi connectivity index (χ1v) is 10.3. The lowest BCUT2D eigenvalue weighted by Gasteiger charge is -2.13. The maximum absolute atomic E-state index is 12.3. The molecule has 0 aliphatic carbocycles. The molecule has 0 saturated carbocycles. The lowest BCUT2D eigenvalue weighted by molar-refractivity contribution is 0.0679. The molecule has 1 fully saturated rings. The summed E-state index contributed by atoms with van der Waals surface area (Å²) in [7, 11) is 1.59. The van der Waals surface area contributed by atoms with E-state index in [1.807, 2.05) is 24.3 Å². The van der Waals surface area contributed by atoms with Gasteiger partial charge in [-0.05, 0) is 90.1 Å². The zero-order chi connectivity index (χ0) is 19.9. The molecule has 1 heterocycles. The van der Waals surface area contributed by atoms with E-state index in [1.54, 1.807) is 25.3 Å². The van der Waals surface area contributed by atoms with Gasteiger partial charge in [0.25, 0.3) is 5.91 Å². The highest BCUT2D eigenvalue weighted by Crippen LogP contribution is 2.22. The van der Waals surface area contributed by atoms with Crippen molar-refractivity contribution in [1.29, 1.82) is 0 Å². The van der Waals surface area contributed by atoms with Crippen LogP contribution in [0.15, 0.2) is 42.5 Å². The number of hydrogen-bond acceptors (Lipinski definition) is 5. The number of nitrogens with one attached hydrogen (secondary N) is 2. The summed E-state index contributed by atoms with van der Waals surface area (Å²) in [6.07, 6.45) is 2.32. The summed E-state index contributed by atoms with van der Waals surface area (Å²) in [5.74, 6) is 1.21. The minimum atomic E-state index is -0.283. The minimum absolute atomic E-state index is 0.182. The largest absolute Gasteiger partial charge is 0.496 e. The van der Waals surface area contributed by atoms with Crippen molar-refractivity contribution >= 4 is 51.5 Å². The minimum Gasteiger partial charge on any atom is -0.496 e. The fourth-order valence-corrected chi connectivity index (χ4v) is 3.69. The van der Waals surface area contributed by atoms with E-state index in [0.717, 1.165) is 40.2 Å². The maximum atomic E-state index is 12.3. The molecular formula is C20H21IN2O4S. The Morgan fingerprint density at radius 2 is 2.07 bits per heavy atom. The van der Waals surface area contributed by atoms with Crippen LogP contribution in [0.3, 0.4) is 0 Å². The van der Waals surface area contributed by atoms with Crippen LogP contribution in [0.1, 0.15) is 23.2 Å². The fourth-order valence-electron chi connectivity index (χ4n) is 2.74. The highest BCUT2D eigenvalue weighted by atomic mass is 127. The van der Waals surface area contributed by atoms with Gasteiger partial charge < -0.3 is 19.5 Å². The average Bonchev–Trinajstić information content (AvgIpc) is 3.21. The summed E-state index contributed by atoms with van der Waals surface area (Å²) in [6, 6.07) is 12.6. The highest BCUT2D eigenvalue weighted by molar-refractivity contribution is 14.1. The normalized spacial score (nSPS) is 15.7. The van der Waals surface area contributed by atoms with Crippen molar-refractivity contribution in [3.05, 3.63) is 51.6 Å². The summed E-state index contributed by atoms with van der Waals surface area (Å²) in [5, 5.41) is 5.90. The van der Waals surface area contributed by atoms with Gasteiger partial charge in [-0.2, -0.15) is 0 Å². The molecule has 1 atom stereocenters. The third-order valence-corrected chi connectivity index (χ3v) is 5.26. The van der Waals surface area contributed by atoms with Gasteiger partial charge in [0.1, 0.15) is 18.1 Å². The molecule has 6 nitrogen and oxygen atoms in total. The zero-order valence-electron chi connectivity index (χ0n) is 15.4. The predicted octanol–water partition coefficient (Wildman–Crippen LogP) is 3.98. The number of thiocarbonyl (C=S) groups is 1. The van der Waals surface area contributed by atoms with Crippen LogP contribution in [-0.4, -0.2) is 37.4 Å². The van der Waals surface area contributed by atoms with Gasteiger partial charge in [0.05, 0.1) is 16.8 Å². The SMILES string of the molecule is COc1ccc(C(=O)NC(=S)Nc2ccc(OCC3CCCO3)cc2)cc1I. The van der Waals surface area contributed by atoms with E-state index in [0.29, 0.717) is 12.2 Å². The van der Waals surface area contributed by atoms with Crippen LogP contribution >= 0.6 is 34.8 Å². The lowest BCUT2D eigenvalue weighted by atomic mass is 10.2. The van der Waals surface area contributed by atoms with E-state index in [9.17, 15) is 4.79 Å². The Bertz CT molecular complexity index is 839. The van der Waals surface area contributed by atoms with Crippen LogP contribution in [0.5, 0.6) is 11.5 Å². The van der Waals surface area contributed by atoms with Crippen LogP contribution in [0.4, 0.5) is 5.69 Å². The van der Waals surface area contributed by atoms with E-state index in [-0.39, 0.29) is 17.1 Å². The number of hydrogen-bond donors (Lipinski definition) is 2. The Balaban J connectivity index is 1.49. The van der Waals surface area contributed by atoms with Gasteiger partial charge in [0.15, 0.2) is 5.11 Å². The molecule has 2 aromatic carbocycles. The molecule has 3 rings (SSSR count). The second kappa shape index (κ2) is 10.0. The number of carbonyl (C=O) groups is 1. The molecule has 2 N–H and O–H groups in total.